The fourth-order valence-corrected chi connectivity index (χ4v) is 3.02. The summed E-state index contributed by atoms with van der Waals surface area (Å²) in [5.74, 6) is 0.965. The lowest BCUT2D eigenvalue weighted by Gasteiger charge is -2.27. The molecule has 9 heteroatoms. The monoisotopic (exact) mass is 414 g/mol. The SMILES string of the molecule is Cc1ccc(Nc2nc(Nc3ccc(F)cc3)nc(N3CCOCC3)n2)cc1Cl. The predicted molar refractivity (Wildman–Crippen MR) is 112 cm³/mol. The van der Waals surface area contributed by atoms with Gasteiger partial charge < -0.3 is 20.3 Å². The van der Waals surface area contributed by atoms with Gasteiger partial charge >= 0.3 is 0 Å². The van der Waals surface area contributed by atoms with Gasteiger partial charge in [-0.15, -0.1) is 0 Å². The summed E-state index contributed by atoms with van der Waals surface area (Å²) in [5, 5.41) is 6.94. The van der Waals surface area contributed by atoms with Gasteiger partial charge in [-0.25, -0.2) is 4.39 Å². The Hall–Kier alpha value is -2.97. The van der Waals surface area contributed by atoms with Gasteiger partial charge in [0.25, 0.3) is 0 Å². The number of halogens is 2. The van der Waals surface area contributed by atoms with Crippen molar-refractivity contribution in [3.8, 4) is 0 Å². The summed E-state index contributed by atoms with van der Waals surface area (Å²) < 4.78 is 18.6. The molecule has 2 heterocycles. The Morgan fingerprint density at radius 2 is 1.55 bits per heavy atom. The topological polar surface area (TPSA) is 75.2 Å². The summed E-state index contributed by atoms with van der Waals surface area (Å²) in [6, 6.07) is 11.7. The number of nitrogens with zero attached hydrogens (tertiary/aromatic N) is 4. The Morgan fingerprint density at radius 3 is 2.21 bits per heavy atom. The van der Waals surface area contributed by atoms with Crippen molar-refractivity contribution < 1.29 is 9.13 Å². The van der Waals surface area contributed by atoms with Gasteiger partial charge in [-0.1, -0.05) is 17.7 Å². The van der Waals surface area contributed by atoms with E-state index in [1.54, 1.807) is 12.1 Å². The van der Waals surface area contributed by atoms with Crippen molar-refractivity contribution >= 4 is 40.8 Å². The molecule has 0 atom stereocenters. The minimum absolute atomic E-state index is 0.307. The summed E-state index contributed by atoms with van der Waals surface area (Å²) >= 11 is 6.23. The molecule has 1 saturated heterocycles. The Bertz CT molecular complexity index is 995. The smallest absolute Gasteiger partial charge is 0.233 e. The van der Waals surface area contributed by atoms with Crippen LogP contribution in [0, 0.1) is 12.7 Å². The summed E-state index contributed by atoms with van der Waals surface area (Å²) in [6.07, 6.45) is 0. The molecule has 150 valence electrons. The first kappa shape index (κ1) is 19.4. The second kappa shape index (κ2) is 8.59. The van der Waals surface area contributed by atoms with Crippen molar-refractivity contribution in [2.24, 2.45) is 0 Å². The number of benzene rings is 2. The van der Waals surface area contributed by atoms with Crippen LogP contribution in [0.2, 0.25) is 5.02 Å². The second-order valence-corrected chi connectivity index (χ2v) is 7.01. The highest BCUT2D eigenvalue weighted by Crippen LogP contribution is 2.24. The van der Waals surface area contributed by atoms with Crippen LogP contribution >= 0.6 is 11.6 Å². The predicted octanol–water partition coefficient (Wildman–Crippen LogP) is 4.30. The minimum Gasteiger partial charge on any atom is -0.378 e. The molecule has 2 N–H and O–H groups in total. The molecular formula is C20H20ClFN6O. The first-order valence-electron chi connectivity index (χ1n) is 9.21. The van der Waals surface area contributed by atoms with Gasteiger partial charge in [0.15, 0.2) is 0 Å². The molecule has 1 fully saturated rings. The summed E-state index contributed by atoms with van der Waals surface area (Å²) in [7, 11) is 0. The minimum atomic E-state index is -0.307. The summed E-state index contributed by atoms with van der Waals surface area (Å²) in [6.45, 7) is 4.55. The Labute approximate surface area is 172 Å². The van der Waals surface area contributed by atoms with Gasteiger partial charge in [0, 0.05) is 29.5 Å². The standard InChI is InChI=1S/C20H20ClFN6O/c1-13-2-5-16(12-17(13)21)24-19-25-18(23-15-6-3-14(22)4-7-15)26-20(27-19)28-8-10-29-11-9-28/h2-7,12H,8-11H2,1H3,(H2,23,24,25,26,27). The largest absolute Gasteiger partial charge is 0.378 e. The number of aryl methyl sites for hydroxylation is 1. The molecule has 2 aromatic carbocycles. The molecule has 0 saturated carbocycles. The molecule has 1 aliphatic heterocycles. The number of anilines is 5. The maximum Gasteiger partial charge on any atom is 0.233 e. The van der Waals surface area contributed by atoms with Crippen molar-refractivity contribution in [1.29, 1.82) is 0 Å². The summed E-state index contributed by atoms with van der Waals surface area (Å²) in [4.78, 5) is 15.6. The number of nitrogens with one attached hydrogen (secondary N) is 2. The van der Waals surface area contributed by atoms with Crippen LogP contribution in [0.25, 0.3) is 0 Å². The van der Waals surface area contributed by atoms with Gasteiger partial charge in [-0.2, -0.15) is 15.0 Å². The lowest BCUT2D eigenvalue weighted by atomic mass is 10.2. The highest BCUT2D eigenvalue weighted by molar-refractivity contribution is 6.31. The molecule has 3 aromatic rings. The number of aromatic nitrogens is 3. The molecule has 29 heavy (non-hydrogen) atoms. The Morgan fingerprint density at radius 1 is 0.931 bits per heavy atom. The zero-order valence-corrected chi connectivity index (χ0v) is 16.6. The maximum absolute atomic E-state index is 13.2. The van der Waals surface area contributed by atoms with Crippen LogP contribution in [0.3, 0.4) is 0 Å². The Kier molecular flexibility index (Phi) is 5.73. The quantitative estimate of drug-likeness (QED) is 0.644. The average molecular weight is 415 g/mol. The highest BCUT2D eigenvalue weighted by atomic mass is 35.5. The van der Waals surface area contributed by atoms with Gasteiger partial charge in [0.1, 0.15) is 5.82 Å². The maximum atomic E-state index is 13.2. The molecule has 0 aliphatic carbocycles. The fourth-order valence-electron chi connectivity index (χ4n) is 2.84. The van der Waals surface area contributed by atoms with E-state index in [9.17, 15) is 4.39 Å². The van der Waals surface area contributed by atoms with Gasteiger partial charge in [-0.3, -0.25) is 0 Å². The van der Waals surface area contributed by atoms with Crippen molar-refractivity contribution in [1.82, 2.24) is 15.0 Å². The first-order chi connectivity index (χ1) is 14.1. The van der Waals surface area contributed by atoms with E-state index < -0.39 is 0 Å². The molecule has 1 aromatic heterocycles. The number of rotatable bonds is 5. The molecule has 1 aliphatic rings. The van der Waals surface area contributed by atoms with E-state index >= 15 is 0 Å². The van der Waals surface area contributed by atoms with Crippen LogP contribution in [0.15, 0.2) is 42.5 Å². The van der Waals surface area contributed by atoms with Crippen molar-refractivity contribution in [3.05, 3.63) is 58.9 Å². The lowest BCUT2D eigenvalue weighted by Crippen LogP contribution is -2.37. The van der Waals surface area contributed by atoms with Crippen LogP contribution in [0.5, 0.6) is 0 Å². The second-order valence-electron chi connectivity index (χ2n) is 6.60. The van der Waals surface area contributed by atoms with Crippen LogP contribution in [0.4, 0.5) is 33.6 Å². The third-order valence-electron chi connectivity index (χ3n) is 4.45. The zero-order valence-electron chi connectivity index (χ0n) is 15.8. The van der Waals surface area contributed by atoms with E-state index in [0.717, 1.165) is 11.3 Å². The van der Waals surface area contributed by atoms with E-state index in [0.29, 0.717) is 54.9 Å². The lowest BCUT2D eigenvalue weighted by molar-refractivity contribution is 0.122. The van der Waals surface area contributed by atoms with E-state index in [1.807, 2.05) is 30.0 Å². The van der Waals surface area contributed by atoms with E-state index in [4.69, 9.17) is 16.3 Å². The Balaban J connectivity index is 1.64. The van der Waals surface area contributed by atoms with E-state index in [2.05, 4.69) is 25.6 Å². The van der Waals surface area contributed by atoms with Crippen molar-refractivity contribution in [2.75, 3.05) is 41.8 Å². The molecule has 0 spiro atoms. The molecular weight excluding hydrogens is 395 g/mol. The van der Waals surface area contributed by atoms with Crippen molar-refractivity contribution in [2.45, 2.75) is 6.92 Å². The van der Waals surface area contributed by atoms with Crippen LogP contribution in [-0.2, 0) is 4.74 Å². The average Bonchev–Trinajstić information content (AvgIpc) is 2.73. The first-order valence-corrected chi connectivity index (χ1v) is 9.59. The van der Waals surface area contributed by atoms with Crippen LogP contribution in [-0.4, -0.2) is 41.3 Å². The molecule has 0 bridgehead atoms. The molecule has 7 nitrogen and oxygen atoms in total. The zero-order chi connectivity index (χ0) is 20.2. The van der Waals surface area contributed by atoms with Crippen molar-refractivity contribution in [3.63, 3.8) is 0 Å². The van der Waals surface area contributed by atoms with Crippen LogP contribution in [0.1, 0.15) is 5.56 Å². The normalized spacial score (nSPS) is 14.0. The number of ether oxygens (including phenoxy) is 1. The van der Waals surface area contributed by atoms with Gasteiger partial charge in [0.2, 0.25) is 17.8 Å². The van der Waals surface area contributed by atoms with Gasteiger partial charge in [-0.05, 0) is 48.9 Å². The highest BCUT2D eigenvalue weighted by Gasteiger charge is 2.17. The summed E-state index contributed by atoms with van der Waals surface area (Å²) in [5.41, 5.74) is 2.43. The van der Waals surface area contributed by atoms with Gasteiger partial charge in [0.05, 0.1) is 13.2 Å². The fraction of sp³-hybridized carbons (Fsp3) is 0.250. The molecule has 4 rings (SSSR count). The molecule has 0 unspecified atom stereocenters. The van der Waals surface area contributed by atoms with Crippen LogP contribution < -0.4 is 15.5 Å². The molecule has 0 amide bonds. The number of hydrogen-bond acceptors (Lipinski definition) is 7. The van der Waals surface area contributed by atoms with E-state index in [1.165, 1.54) is 12.1 Å². The molecule has 0 radical (unpaired) electrons. The third kappa shape index (κ3) is 4.90. The van der Waals surface area contributed by atoms with E-state index in [-0.39, 0.29) is 5.82 Å². The number of hydrogen-bond donors (Lipinski definition) is 2. The number of morpholine rings is 1. The third-order valence-corrected chi connectivity index (χ3v) is 4.85.